The predicted molar refractivity (Wildman–Crippen MR) is 70.0 cm³/mol. The Morgan fingerprint density at radius 3 is 2.61 bits per heavy atom. The minimum atomic E-state index is -1.08. The molecule has 0 radical (unpaired) electrons. The number of rotatable bonds is 6. The van der Waals surface area contributed by atoms with Crippen LogP contribution in [0.5, 0.6) is 5.75 Å². The molecule has 1 aromatic carbocycles. The number of carboxylic acids is 1. The van der Waals surface area contributed by atoms with Gasteiger partial charge in [0.2, 0.25) is 0 Å². The summed E-state index contributed by atoms with van der Waals surface area (Å²) in [5, 5.41) is 20.9. The summed E-state index contributed by atoms with van der Waals surface area (Å²) >= 11 is 1.51. The van der Waals surface area contributed by atoms with Gasteiger partial charge in [0.25, 0.3) is 5.91 Å². The molecule has 0 heterocycles. The molecule has 0 fully saturated rings. The van der Waals surface area contributed by atoms with Gasteiger partial charge in [-0.1, -0.05) is 12.1 Å². The van der Waals surface area contributed by atoms with Crippen molar-refractivity contribution in [2.24, 2.45) is 0 Å². The van der Waals surface area contributed by atoms with Crippen molar-refractivity contribution in [3.63, 3.8) is 0 Å². The van der Waals surface area contributed by atoms with Crippen molar-refractivity contribution in [2.75, 3.05) is 12.0 Å². The maximum atomic E-state index is 11.8. The number of nitrogens with one attached hydrogen (secondary N) is 1. The Balaban J connectivity index is 2.72. The number of amides is 1. The normalized spacial score (nSPS) is 11.8. The summed E-state index contributed by atoms with van der Waals surface area (Å²) < 4.78 is 0. The molecular weight excluding hydrogens is 254 g/mol. The molecule has 0 aliphatic heterocycles. The van der Waals surface area contributed by atoms with Crippen molar-refractivity contribution in [1.29, 1.82) is 0 Å². The van der Waals surface area contributed by atoms with Gasteiger partial charge >= 0.3 is 5.97 Å². The van der Waals surface area contributed by atoms with E-state index < -0.39 is 17.9 Å². The molecule has 1 amide bonds. The maximum absolute atomic E-state index is 11.8. The Morgan fingerprint density at radius 2 is 2.06 bits per heavy atom. The molecule has 0 spiro atoms. The largest absolute Gasteiger partial charge is 0.507 e. The third kappa shape index (κ3) is 3.96. The minimum Gasteiger partial charge on any atom is -0.507 e. The lowest BCUT2D eigenvalue weighted by molar-refractivity contribution is -0.139. The van der Waals surface area contributed by atoms with Gasteiger partial charge in [0.1, 0.15) is 11.8 Å². The first-order valence-electron chi connectivity index (χ1n) is 5.37. The highest BCUT2D eigenvalue weighted by Crippen LogP contribution is 2.15. The van der Waals surface area contributed by atoms with Gasteiger partial charge in [0.15, 0.2) is 0 Å². The number of phenolic OH excluding ortho intramolecular Hbond substituents is 1. The summed E-state index contributed by atoms with van der Waals surface area (Å²) in [7, 11) is 0. The molecule has 5 nitrogen and oxygen atoms in total. The zero-order valence-electron chi connectivity index (χ0n) is 9.92. The van der Waals surface area contributed by atoms with Gasteiger partial charge in [0.05, 0.1) is 5.56 Å². The standard InChI is InChI=1S/C12H15NO4S/c1-18-7-6-9(12(16)17)13-11(15)8-4-2-3-5-10(8)14/h2-5,9,14H,6-7H2,1H3,(H,13,15)(H,16,17). The number of carboxylic acid groups (broad SMARTS) is 1. The third-order valence-corrected chi connectivity index (χ3v) is 3.01. The van der Waals surface area contributed by atoms with E-state index in [1.807, 2.05) is 6.26 Å². The molecule has 18 heavy (non-hydrogen) atoms. The average molecular weight is 269 g/mol. The molecule has 0 aromatic heterocycles. The van der Waals surface area contributed by atoms with Crippen LogP contribution in [-0.2, 0) is 4.79 Å². The highest BCUT2D eigenvalue weighted by molar-refractivity contribution is 7.98. The number of aliphatic carboxylic acids is 1. The number of phenols is 1. The van der Waals surface area contributed by atoms with E-state index in [1.54, 1.807) is 12.1 Å². The molecule has 0 saturated heterocycles. The summed E-state index contributed by atoms with van der Waals surface area (Å²) in [5.74, 6) is -1.18. The molecular formula is C12H15NO4S. The van der Waals surface area contributed by atoms with Crippen molar-refractivity contribution in [3.8, 4) is 5.75 Å². The second-order valence-corrected chi connectivity index (χ2v) is 4.65. The van der Waals surface area contributed by atoms with Gasteiger partial charge in [-0.2, -0.15) is 11.8 Å². The molecule has 1 rings (SSSR count). The van der Waals surface area contributed by atoms with E-state index in [0.717, 1.165) is 0 Å². The number of thioether (sulfide) groups is 1. The van der Waals surface area contributed by atoms with Crippen molar-refractivity contribution in [3.05, 3.63) is 29.8 Å². The Hall–Kier alpha value is -1.69. The van der Waals surface area contributed by atoms with Crippen LogP contribution < -0.4 is 5.32 Å². The van der Waals surface area contributed by atoms with Crippen LogP contribution in [0, 0.1) is 0 Å². The molecule has 0 saturated carbocycles. The van der Waals surface area contributed by atoms with E-state index >= 15 is 0 Å². The Kier molecular flexibility index (Phi) is 5.51. The molecule has 98 valence electrons. The number of aromatic hydroxyl groups is 1. The van der Waals surface area contributed by atoms with Crippen LogP contribution in [0.1, 0.15) is 16.8 Å². The molecule has 1 aromatic rings. The summed E-state index contributed by atoms with van der Waals surface area (Å²) in [6.07, 6.45) is 2.21. The first-order chi connectivity index (χ1) is 8.56. The van der Waals surface area contributed by atoms with E-state index in [4.69, 9.17) is 5.11 Å². The van der Waals surface area contributed by atoms with Crippen LogP contribution >= 0.6 is 11.8 Å². The van der Waals surface area contributed by atoms with Gasteiger partial charge in [0, 0.05) is 0 Å². The molecule has 1 atom stereocenters. The van der Waals surface area contributed by atoms with Gasteiger partial charge < -0.3 is 15.5 Å². The van der Waals surface area contributed by atoms with E-state index in [1.165, 1.54) is 23.9 Å². The molecule has 3 N–H and O–H groups in total. The highest BCUT2D eigenvalue weighted by Gasteiger charge is 2.21. The minimum absolute atomic E-state index is 0.0768. The van der Waals surface area contributed by atoms with Crippen LogP contribution in [0.4, 0.5) is 0 Å². The molecule has 0 aliphatic rings. The lowest BCUT2D eigenvalue weighted by Gasteiger charge is -2.14. The number of carbonyl (C=O) groups excluding carboxylic acids is 1. The van der Waals surface area contributed by atoms with E-state index in [0.29, 0.717) is 12.2 Å². The zero-order valence-corrected chi connectivity index (χ0v) is 10.7. The number of hydrogen-bond donors (Lipinski definition) is 3. The second-order valence-electron chi connectivity index (χ2n) is 3.66. The van der Waals surface area contributed by atoms with Crippen LogP contribution in [-0.4, -0.2) is 40.1 Å². The second kappa shape index (κ2) is 6.90. The van der Waals surface area contributed by atoms with Crippen molar-refractivity contribution >= 4 is 23.6 Å². The van der Waals surface area contributed by atoms with E-state index in [-0.39, 0.29) is 11.3 Å². The lowest BCUT2D eigenvalue weighted by atomic mass is 10.1. The van der Waals surface area contributed by atoms with Crippen LogP contribution in [0.2, 0.25) is 0 Å². The van der Waals surface area contributed by atoms with E-state index in [9.17, 15) is 14.7 Å². The van der Waals surface area contributed by atoms with Gasteiger partial charge in [-0.3, -0.25) is 4.79 Å². The van der Waals surface area contributed by atoms with Crippen molar-refractivity contribution in [1.82, 2.24) is 5.32 Å². The lowest BCUT2D eigenvalue weighted by Crippen LogP contribution is -2.41. The van der Waals surface area contributed by atoms with E-state index in [2.05, 4.69) is 5.32 Å². The van der Waals surface area contributed by atoms with Gasteiger partial charge in [-0.05, 0) is 30.6 Å². The first kappa shape index (κ1) is 14.4. The SMILES string of the molecule is CSCCC(NC(=O)c1ccccc1O)C(=O)O. The fourth-order valence-electron chi connectivity index (χ4n) is 1.39. The Labute approximate surface area is 109 Å². The van der Waals surface area contributed by atoms with Crippen LogP contribution in [0.3, 0.4) is 0 Å². The number of benzene rings is 1. The summed E-state index contributed by atoms with van der Waals surface area (Å²) in [5.41, 5.74) is 0.0768. The number of para-hydroxylation sites is 1. The average Bonchev–Trinajstić information content (AvgIpc) is 2.34. The number of carbonyl (C=O) groups is 2. The first-order valence-corrected chi connectivity index (χ1v) is 6.76. The smallest absolute Gasteiger partial charge is 0.326 e. The Bertz CT molecular complexity index is 436. The summed E-state index contributed by atoms with van der Waals surface area (Å²) in [6, 6.07) is 5.08. The topological polar surface area (TPSA) is 86.6 Å². The summed E-state index contributed by atoms with van der Waals surface area (Å²) in [4.78, 5) is 22.8. The monoisotopic (exact) mass is 269 g/mol. The van der Waals surface area contributed by atoms with Crippen LogP contribution in [0.25, 0.3) is 0 Å². The predicted octanol–water partition coefficient (Wildman–Crippen LogP) is 1.33. The molecule has 0 bridgehead atoms. The fourth-order valence-corrected chi connectivity index (χ4v) is 1.87. The number of hydrogen-bond acceptors (Lipinski definition) is 4. The summed E-state index contributed by atoms with van der Waals surface area (Å²) in [6.45, 7) is 0. The highest BCUT2D eigenvalue weighted by atomic mass is 32.2. The zero-order chi connectivity index (χ0) is 13.5. The third-order valence-electron chi connectivity index (χ3n) is 2.36. The van der Waals surface area contributed by atoms with Crippen LogP contribution in [0.15, 0.2) is 24.3 Å². The maximum Gasteiger partial charge on any atom is 0.326 e. The van der Waals surface area contributed by atoms with Crippen molar-refractivity contribution < 1.29 is 19.8 Å². The molecule has 0 aliphatic carbocycles. The van der Waals surface area contributed by atoms with Gasteiger partial charge in [-0.15, -0.1) is 0 Å². The Morgan fingerprint density at radius 1 is 1.39 bits per heavy atom. The fraction of sp³-hybridized carbons (Fsp3) is 0.333. The molecule has 1 unspecified atom stereocenters. The van der Waals surface area contributed by atoms with Gasteiger partial charge in [-0.25, -0.2) is 4.79 Å². The van der Waals surface area contributed by atoms with Crippen molar-refractivity contribution in [2.45, 2.75) is 12.5 Å². The molecule has 6 heteroatoms. The quantitative estimate of drug-likeness (QED) is 0.725.